The molecule has 2 rings (SSSR count). The molecule has 0 atom stereocenters. The molecule has 0 fully saturated rings. The molecule has 174 valence electrons. The Kier molecular flexibility index (Phi) is 10.7. The molecule has 0 aliphatic heterocycles. The van der Waals surface area contributed by atoms with Crippen molar-refractivity contribution in [1.82, 2.24) is 0 Å². The van der Waals surface area contributed by atoms with Crippen molar-refractivity contribution in [2.45, 2.75) is 12.8 Å². The number of nitro groups is 1. The van der Waals surface area contributed by atoms with E-state index in [9.17, 15) is 10.1 Å². The first-order valence-electron chi connectivity index (χ1n) is 10.2. The lowest BCUT2D eigenvalue weighted by atomic mass is 10.2. The standard InChI is InChI=1S/C21H22N10O3/c1-2-3-4-15-34-21-16-19(31(32)33)9-10-20(21)27-26-17-5-7-18(8-6-17)30(13-11-24-28-22)14-12-25-29-23/h1,5-10,16H,3-4,11-15H2. The summed E-state index contributed by atoms with van der Waals surface area (Å²) in [6.07, 6.45) is 6.37. The summed E-state index contributed by atoms with van der Waals surface area (Å²) < 4.78 is 5.63. The molecule has 0 amide bonds. The lowest BCUT2D eigenvalue weighted by molar-refractivity contribution is -0.384. The molecule has 0 bridgehead atoms. The number of rotatable bonds is 14. The third-order valence-electron chi connectivity index (χ3n) is 4.43. The summed E-state index contributed by atoms with van der Waals surface area (Å²) in [6, 6.07) is 11.2. The molecule has 0 spiro atoms. The van der Waals surface area contributed by atoms with E-state index in [0.717, 1.165) is 5.69 Å². The molecule has 13 heteroatoms. The Morgan fingerprint density at radius 1 is 1.06 bits per heavy atom. The monoisotopic (exact) mass is 462 g/mol. The Morgan fingerprint density at radius 3 is 2.32 bits per heavy atom. The summed E-state index contributed by atoms with van der Waals surface area (Å²) in [5, 5.41) is 26.6. The molecule has 0 aliphatic carbocycles. The third-order valence-corrected chi connectivity index (χ3v) is 4.43. The minimum Gasteiger partial charge on any atom is -0.491 e. The van der Waals surface area contributed by atoms with Crippen LogP contribution in [0.5, 0.6) is 5.75 Å². The van der Waals surface area contributed by atoms with Crippen LogP contribution in [-0.2, 0) is 0 Å². The number of unbranched alkanes of at least 4 members (excludes halogenated alkanes) is 1. The Morgan fingerprint density at radius 2 is 1.74 bits per heavy atom. The molecule has 2 aromatic rings. The molecule has 0 radical (unpaired) electrons. The van der Waals surface area contributed by atoms with Gasteiger partial charge in [0.1, 0.15) is 5.69 Å². The Bertz CT molecular complexity index is 1110. The van der Waals surface area contributed by atoms with Crippen LogP contribution < -0.4 is 9.64 Å². The number of hydrogen-bond acceptors (Lipinski definition) is 8. The first kappa shape index (κ1) is 25.5. The van der Waals surface area contributed by atoms with Crippen LogP contribution in [0.2, 0.25) is 0 Å². The number of terminal acetylenes is 1. The van der Waals surface area contributed by atoms with E-state index in [2.05, 4.69) is 36.2 Å². The maximum absolute atomic E-state index is 11.1. The van der Waals surface area contributed by atoms with Gasteiger partial charge in [0, 0.05) is 54.2 Å². The van der Waals surface area contributed by atoms with E-state index in [0.29, 0.717) is 43.9 Å². The van der Waals surface area contributed by atoms with Crippen molar-refractivity contribution in [3.05, 3.63) is 73.5 Å². The van der Waals surface area contributed by atoms with E-state index in [1.54, 1.807) is 12.1 Å². The fourth-order valence-corrected chi connectivity index (χ4v) is 2.80. The summed E-state index contributed by atoms with van der Waals surface area (Å²) in [7, 11) is 0. The highest BCUT2D eigenvalue weighted by Crippen LogP contribution is 2.33. The second-order valence-electron chi connectivity index (χ2n) is 6.68. The van der Waals surface area contributed by atoms with E-state index >= 15 is 0 Å². The zero-order chi connectivity index (χ0) is 24.6. The van der Waals surface area contributed by atoms with Gasteiger partial charge in [-0.15, -0.1) is 17.5 Å². The van der Waals surface area contributed by atoms with E-state index in [4.69, 9.17) is 22.2 Å². The number of nitro benzene ring substituents is 1. The quantitative estimate of drug-likeness (QED) is 0.0614. The second kappa shape index (κ2) is 14.3. The molecule has 0 aliphatic rings. The maximum atomic E-state index is 11.1. The van der Waals surface area contributed by atoms with Gasteiger partial charge in [-0.1, -0.05) is 10.2 Å². The first-order chi connectivity index (χ1) is 16.6. The molecular weight excluding hydrogens is 440 g/mol. The summed E-state index contributed by atoms with van der Waals surface area (Å²) in [4.78, 5) is 18.0. The van der Waals surface area contributed by atoms with Crippen LogP contribution in [0.3, 0.4) is 0 Å². The van der Waals surface area contributed by atoms with Crippen LogP contribution in [-0.4, -0.2) is 37.7 Å². The lowest BCUT2D eigenvalue weighted by Crippen LogP contribution is -2.28. The molecule has 13 nitrogen and oxygen atoms in total. The van der Waals surface area contributed by atoms with Gasteiger partial charge >= 0.3 is 0 Å². The van der Waals surface area contributed by atoms with Crippen LogP contribution in [0.1, 0.15) is 12.8 Å². The van der Waals surface area contributed by atoms with Gasteiger partial charge in [0.2, 0.25) is 0 Å². The zero-order valence-corrected chi connectivity index (χ0v) is 18.3. The first-order valence-corrected chi connectivity index (χ1v) is 10.2. The van der Waals surface area contributed by atoms with Gasteiger partial charge in [0.25, 0.3) is 5.69 Å². The number of benzene rings is 2. The largest absolute Gasteiger partial charge is 0.491 e. The van der Waals surface area contributed by atoms with Crippen molar-refractivity contribution < 1.29 is 9.66 Å². The number of azo groups is 1. The Labute approximate surface area is 195 Å². The predicted molar refractivity (Wildman–Crippen MR) is 128 cm³/mol. The van der Waals surface area contributed by atoms with Crippen LogP contribution in [0, 0.1) is 22.5 Å². The van der Waals surface area contributed by atoms with Crippen molar-refractivity contribution in [3.8, 4) is 18.1 Å². The number of azide groups is 2. The average molecular weight is 462 g/mol. The summed E-state index contributed by atoms with van der Waals surface area (Å²) in [5.74, 6) is 2.75. The van der Waals surface area contributed by atoms with Crippen molar-refractivity contribution in [1.29, 1.82) is 0 Å². The maximum Gasteiger partial charge on any atom is 0.273 e. The van der Waals surface area contributed by atoms with Crippen LogP contribution in [0.4, 0.5) is 22.7 Å². The SMILES string of the molecule is C#CCCCOc1cc([N+](=O)[O-])ccc1N=Nc1ccc(N(CCN=[N+]=[N-])CCN=[N+]=[N-])cc1. The zero-order valence-electron chi connectivity index (χ0n) is 18.3. The van der Waals surface area contributed by atoms with Crippen LogP contribution in [0.15, 0.2) is 62.9 Å². The van der Waals surface area contributed by atoms with Crippen LogP contribution >= 0.6 is 0 Å². The lowest BCUT2D eigenvalue weighted by Gasteiger charge is -2.23. The van der Waals surface area contributed by atoms with Gasteiger partial charge in [-0.25, -0.2) is 0 Å². The fourth-order valence-electron chi connectivity index (χ4n) is 2.80. The van der Waals surface area contributed by atoms with Gasteiger partial charge in [0.15, 0.2) is 5.75 Å². The van der Waals surface area contributed by atoms with E-state index < -0.39 is 4.92 Å². The van der Waals surface area contributed by atoms with Gasteiger partial charge in [-0.05, 0) is 47.8 Å². The summed E-state index contributed by atoms with van der Waals surface area (Å²) >= 11 is 0. The van der Waals surface area contributed by atoms with Gasteiger partial charge in [-0.2, -0.15) is 5.11 Å². The Balaban J connectivity index is 2.17. The van der Waals surface area contributed by atoms with Gasteiger partial charge in [-0.3, -0.25) is 10.1 Å². The average Bonchev–Trinajstić information content (AvgIpc) is 2.85. The Hall–Kier alpha value is -4.78. The number of ether oxygens (including phenoxy) is 1. The second-order valence-corrected chi connectivity index (χ2v) is 6.68. The number of non-ortho nitro benzene ring substituents is 1. The van der Waals surface area contributed by atoms with Gasteiger partial charge in [0.05, 0.1) is 23.3 Å². The van der Waals surface area contributed by atoms with Crippen molar-refractivity contribution in [3.63, 3.8) is 0 Å². The normalized spacial score (nSPS) is 10.1. The van der Waals surface area contributed by atoms with Crippen LogP contribution in [0.25, 0.3) is 20.9 Å². The van der Waals surface area contributed by atoms with Crippen molar-refractivity contribution in [2.75, 3.05) is 37.7 Å². The number of nitrogens with zero attached hydrogens (tertiary/aromatic N) is 10. The molecule has 0 saturated carbocycles. The molecular formula is C21H22N10O3. The third kappa shape index (κ3) is 8.39. The van der Waals surface area contributed by atoms with Crippen molar-refractivity contribution >= 4 is 22.7 Å². The molecule has 2 aromatic carbocycles. The molecule has 0 unspecified atom stereocenters. The van der Waals surface area contributed by atoms with E-state index in [1.165, 1.54) is 18.2 Å². The highest BCUT2D eigenvalue weighted by atomic mass is 16.6. The molecule has 34 heavy (non-hydrogen) atoms. The molecule has 0 aromatic heterocycles. The minimum absolute atomic E-state index is 0.114. The molecule has 0 heterocycles. The van der Waals surface area contributed by atoms with E-state index in [1.807, 2.05) is 17.0 Å². The number of anilines is 1. The highest BCUT2D eigenvalue weighted by Gasteiger charge is 2.12. The summed E-state index contributed by atoms with van der Waals surface area (Å²) in [5.41, 5.74) is 18.6. The highest BCUT2D eigenvalue weighted by molar-refractivity contribution is 5.58. The van der Waals surface area contributed by atoms with Crippen molar-refractivity contribution in [2.24, 2.45) is 20.5 Å². The van der Waals surface area contributed by atoms with E-state index in [-0.39, 0.29) is 24.5 Å². The summed E-state index contributed by atoms with van der Waals surface area (Å²) in [6.45, 7) is 1.73. The number of hydrogen-bond donors (Lipinski definition) is 0. The predicted octanol–water partition coefficient (Wildman–Crippen LogP) is 6.23. The van der Waals surface area contributed by atoms with Gasteiger partial charge < -0.3 is 9.64 Å². The minimum atomic E-state index is -0.510. The molecule has 0 saturated heterocycles. The smallest absolute Gasteiger partial charge is 0.273 e. The molecule has 0 N–H and O–H groups in total. The topological polar surface area (TPSA) is 178 Å². The fraction of sp³-hybridized carbons (Fsp3) is 0.333.